The van der Waals surface area contributed by atoms with Crippen LogP contribution in [0.5, 0.6) is 5.75 Å². The molecule has 12 nitrogen and oxygen atoms in total. The second-order valence-corrected chi connectivity index (χ2v) is 8.92. The lowest BCUT2D eigenvalue weighted by Crippen LogP contribution is -2.48. The number of carboxylic acids is 1. The summed E-state index contributed by atoms with van der Waals surface area (Å²) in [6.07, 6.45) is 5.12. The molecule has 0 fully saturated rings. The van der Waals surface area contributed by atoms with Gasteiger partial charge in [0.05, 0.1) is 34.2 Å². The first-order chi connectivity index (χ1) is 19.7. The Hall–Kier alpha value is -5.36. The van der Waals surface area contributed by atoms with E-state index in [9.17, 15) is 29.1 Å². The number of benzene rings is 2. The second-order valence-electron chi connectivity index (χ2n) is 8.51. The maximum atomic E-state index is 12.7. The molecular weight excluding hydrogens is 558 g/mol. The van der Waals surface area contributed by atoms with Gasteiger partial charge in [-0.1, -0.05) is 23.7 Å². The number of hydrogen-bond acceptors (Lipinski definition) is 8. The van der Waals surface area contributed by atoms with E-state index in [-0.39, 0.29) is 33.8 Å². The number of hydrogen-bond donors (Lipinski definition) is 4. The summed E-state index contributed by atoms with van der Waals surface area (Å²) in [6.45, 7) is -0.240. The monoisotopic (exact) mass is 579 g/mol. The topological polar surface area (TPSA) is 177 Å². The van der Waals surface area contributed by atoms with E-state index in [1.807, 2.05) is 0 Å². The van der Waals surface area contributed by atoms with E-state index in [0.29, 0.717) is 5.75 Å². The minimum atomic E-state index is -1.45. The maximum Gasteiger partial charge on any atom is 0.346 e. The van der Waals surface area contributed by atoms with Crippen molar-refractivity contribution in [3.05, 3.63) is 112 Å². The molecule has 41 heavy (non-hydrogen) atoms. The van der Waals surface area contributed by atoms with Crippen LogP contribution >= 0.6 is 11.6 Å². The van der Waals surface area contributed by atoms with Crippen molar-refractivity contribution in [1.82, 2.24) is 16.0 Å². The van der Waals surface area contributed by atoms with Crippen molar-refractivity contribution in [3.8, 4) is 5.75 Å². The molecule has 0 saturated carbocycles. The molecule has 0 aliphatic carbocycles. The number of nitrogens with one attached hydrogen (secondary N) is 3. The lowest BCUT2D eigenvalue weighted by molar-refractivity contribution is -0.139. The SMILES string of the molecule is O=C(NCc1ccc(OC(=O)c2ccoc2)cc1)c1ccc(C(=O)N[C@@H](CNC(=O)c2ccoc2)C(=O)O)c(Cl)c1. The first kappa shape index (κ1) is 28.6. The summed E-state index contributed by atoms with van der Waals surface area (Å²) in [5, 5.41) is 16.8. The molecule has 0 saturated heterocycles. The molecular formula is C28H22ClN3O9. The number of furan rings is 2. The molecule has 0 spiro atoms. The fourth-order valence-corrected chi connectivity index (χ4v) is 3.74. The summed E-state index contributed by atoms with van der Waals surface area (Å²) in [5.41, 5.74) is 1.31. The summed E-state index contributed by atoms with van der Waals surface area (Å²) >= 11 is 6.22. The molecule has 0 bridgehead atoms. The summed E-state index contributed by atoms with van der Waals surface area (Å²) < 4.78 is 14.9. The highest BCUT2D eigenvalue weighted by Gasteiger charge is 2.23. The number of ether oxygens (including phenoxy) is 1. The molecule has 1 atom stereocenters. The molecule has 2 aromatic heterocycles. The highest BCUT2D eigenvalue weighted by atomic mass is 35.5. The Morgan fingerprint density at radius 2 is 1.46 bits per heavy atom. The number of halogens is 1. The van der Waals surface area contributed by atoms with Crippen molar-refractivity contribution in [1.29, 1.82) is 0 Å². The fourth-order valence-electron chi connectivity index (χ4n) is 3.47. The summed E-state index contributed by atoms with van der Waals surface area (Å²) in [7, 11) is 0. The summed E-state index contributed by atoms with van der Waals surface area (Å²) in [5.74, 6) is -3.47. The Bertz CT molecular complexity index is 1550. The Kier molecular flexibility index (Phi) is 9.17. The smallest absolute Gasteiger partial charge is 0.346 e. The number of carbonyl (C=O) groups is 5. The van der Waals surface area contributed by atoms with Crippen molar-refractivity contribution < 1.29 is 42.7 Å². The van der Waals surface area contributed by atoms with Gasteiger partial charge in [-0.05, 0) is 48.0 Å². The first-order valence-electron chi connectivity index (χ1n) is 12.0. The minimum absolute atomic E-state index is 0.0591. The Morgan fingerprint density at radius 3 is 2.07 bits per heavy atom. The zero-order chi connectivity index (χ0) is 29.4. The van der Waals surface area contributed by atoms with Crippen LogP contribution in [0.15, 0.2) is 88.5 Å². The Labute approximate surface area is 237 Å². The Morgan fingerprint density at radius 1 is 0.805 bits per heavy atom. The van der Waals surface area contributed by atoms with Gasteiger partial charge in [-0.15, -0.1) is 0 Å². The van der Waals surface area contributed by atoms with E-state index in [0.717, 1.165) is 5.56 Å². The van der Waals surface area contributed by atoms with Crippen LogP contribution in [0.1, 0.15) is 47.0 Å². The molecule has 0 radical (unpaired) electrons. The summed E-state index contributed by atoms with van der Waals surface area (Å²) in [6, 6.07) is 11.9. The Balaban J connectivity index is 1.30. The van der Waals surface area contributed by atoms with Crippen molar-refractivity contribution in [3.63, 3.8) is 0 Å². The molecule has 4 rings (SSSR count). The second kappa shape index (κ2) is 13.1. The third-order valence-electron chi connectivity index (χ3n) is 5.67. The van der Waals surface area contributed by atoms with Crippen molar-refractivity contribution in [2.75, 3.05) is 6.54 Å². The molecule has 2 aromatic carbocycles. The molecule has 0 aliphatic rings. The van der Waals surface area contributed by atoms with Crippen molar-refractivity contribution >= 4 is 41.3 Å². The number of carbonyl (C=O) groups excluding carboxylic acids is 4. The van der Waals surface area contributed by atoms with E-state index in [2.05, 4.69) is 16.0 Å². The van der Waals surface area contributed by atoms with Gasteiger partial charge in [-0.3, -0.25) is 14.4 Å². The lowest BCUT2D eigenvalue weighted by atomic mass is 10.1. The average molecular weight is 580 g/mol. The molecule has 4 N–H and O–H groups in total. The molecule has 13 heteroatoms. The predicted molar refractivity (Wildman–Crippen MR) is 143 cm³/mol. The average Bonchev–Trinajstić information content (AvgIpc) is 3.69. The van der Waals surface area contributed by atoms with Crippen LogP contribution in [0.2, 0.25) is 5.02 Å². The van der Waals surface area contributed by atoms with Gasteiger partial charge >= 0.3 is 11.9 Å². The van der Waals surface area contributed by atoms with E-state index in [1.165, 1.54) is 55.4 Å². The zero-order valence-electron chi connectivity index (χ0n) is 21.1. The first-order valence-corrected chi connectivity index (χ1v) is 12.3. The standard InChI is InChI=1S/C28H22ClN3O9/c29-22-11-17(24(33)30-12-16-1-4-20(5-2-16)41-28(38)19-8-10-40-15-19)3-6-21(22)26(35)32-23(27(36)37)13-31-25(34)18-7-9-39-14-18/h1-11,14-15,23H,12-13H2,(H,30,33)(H,31,34)(H,32,35)(H,36,37)/t23-/m0/s1. The fraction of sp³-hybridized carbons (Fsp3) is 0.107. The zero-order valence-corrected chi connectivity index (χ0v) is 21.8. The highest BCUT2D eigenvalue weighted by Crippen LogP contribution is 2.19. The van der Waals surface area contributed by atoms with Gasteiger partial charge < -0.3 is 34.6 Å². The van der Waals surface area contributed by atoms with E-state index in [1.54, 1.807) is 24.3 Å². The van der Waals surface area contributed by atoms with Crippen LogP contribution in [0.25, 0.3) is 0 Å². The van der Waals surface area contributed by atoms with Gasteiger partial charge in [0.15, 0.2) is 0 Å². The molecule has 4 aromatic rings. The largest absolute Gasteiger partial charge is 0.480 e. The summed E-state index contributed by atoms with van der Waals surface area (Å²) in [4.78, 5) is 60.9. The van der Waals surface area contributed by atoms with Crippen LogP contribution in [0.3, 0.4) is 0 Å². The van der Waals surface area contributed by atoms with Gasteiger partial charge in [0.1, 0.15) is 24.3 Å². The van der Waals surface area contributed by atoms with Crippen molar-refractivity contribution in [2.24, 2.45) is 0 Å². The van der Waals surface area contributed by atoms with Crippen LogP contribution in [-0.4, -0.2) is 47.4 Å². The normalized spacial score (nSPS) is 11.2. The lowest BCUT2D eigenvalue weighted by Gasteiger charge is -2.16. The highest BCUT2D eigenvalue weighted by molar-refractivity contribution is 6.34. The quantitative estimate of drug-likeness (QED) is 0.153. The van der Waals surface area contributed by atoms with Gasteiger partial charge in [-0.2, -0.15) is 0 Å². The van der Waals surface area contributed by atoms with Crippen LogP contribution in [0.4, 0.5) is 0 Å². The third-order valence-corrected chi connectivity index (χ3v) is 5.99. The number of esters is 1. The number of rotatable bonds is 11. The molecule has 0 aliphatic heterocycles. The number of aliphatic carboxylic acids is 1. The molecule has 2 heterocycles. The van der Waals surface area contributed by atoms with E-state index in [4.69, 9.17) is 25.2 Å². The van der Waals surface area contributed by atoms with Crippen LogP contribution in [0, 0.1) is 0 Å². The molecule has 3 amide bonds. The molecule has 0 unspecified atom stereocenters. The van der Waals surface area contributed by atoms with E-state index >= 15 is 0 Å². The maximum absolute atomic E-state index is 12.7. The predicted octanol–water partition coefficient (Wildman–Crippen LogP) is 3.29. The van der Waals surface area contributed by atoms with Gasteiger partial charge in [0.25, 0.3) is 17.7 Å². The van der Waals surface area contributed by atoms with Crippen LogP contribution in [-0.2, 0) is 11.3 Å². The minimum Gasteiger partial charge on any atom is -0.480 e. The van der Waals surface area contributed by atoms with Gasteiger partial charge in [0.2, 0.25) is 0 Å². The van der Waals surface area contributed by atoms with Crippen LogP contribution < -0.4 is 20.7 Å². The molecule has 210 valence electrons. The number of amides is 3. The third kappa shape index (κ3) is 7.61. The number of carboxylic acid groups (broad SMARTS) is 1. The van der Waals surface area contributed by atoms with Gasteiger partial charge in [-0.25, -0.2) is 9.59 Å². The van der Waals surface area contributed by atoms with Gasteiger partial charge in [0, 0.05) is 18.7 Å². The van der Waals surface area contributed by atoms with E-state index < -0.39 is 42.2 Å². The van der Waals surface area contributed by atoms with Crippen molar-refractivity contribution in [2.45, 2.75) is 12.6 Å².